The van der Waals surface area contributed by atoms with Gasteiger partial charge in [0.05, 0.1) is 23.7 Å². The van der Waals surface area contributed by atoms with E-state index in [0.29, 0.717) is 6.07 Å². The van der Waals surface area contributed by atoms with Gasteiger partial charge >= 0.3 is 12.0 Å². The molecule has 0 saturated carbocycles. The van der Waals surface area contributed by atoms with Gasteiger partial charge in [-0.15, -0.1) is 0 Å². The Balaban J connectivity index is 2.55. The molecule has 0 aliphatic heterocycles. The van der Waals surface area contributed by atoms with E-state index in [0.717, 1.165) is 6.07 Å². The van der Waals surface area contributed by atoms with Crippen LogP contribution in [0.2, 0.25) is 0 Å². The molecule has 2 amide bonds. The standard InChI is InChI=1S/C11H11BrF2N2O3/c1-19-9(17)2-3-15-11(18)16-8-5-6(13)4-7(14)10(8)12/h4-5H,2-3H2,1H3,(H2,15,16,18). The number of esters is 1. The van der Waals surface area contributed by atoms with Gasteiger partial charge in [0.1, 0.15) is 11.6 Å². The van der Waals surface area contributed by atoms with E-state index in [4.69, 9.17) is 0 Å². The SMILES string of the molecule is COC(=O)CCNC(=O)Nc1cc(F)cc(F)c1Br. The molecule has 1 aromatic rings. The number of benzene rings is 1. The molecule has 19 heavy (non-hydrogen) atoms. The van der Waals surface area contributed by atoms with E-state index in [1.165, 1.54) is 7.11 Å². The van der Waals surface area contributed by atoms with Crippen molar-refractivity contribution in [1.29, 1.82) is 0 Å². The third kappa shape index (κ3) is 4.82. The molecule has 8 heteroatoms. The molecule has 2 N–H and O–H groups in total. The Labute approximate surface area is 116 Å². The fraction of sp³-hybridized carbons (Fsp3) is 0.273. The lowest BCUT2D eigenvalue weighted by atomic mass is 10.3. The van der Waals surface area contributed by atoms with Gasteiger partial charge in [-0.3, -0.25) is 4.79 Å². The number of nitrogens with one attached hydrogen (secondary N) is 2. The van der Waals surface area contributed by atoms with Crippen LogP contribution in [0.1, 0.15) is 6.42 Å². The number of anilines is 1. The van der Waals surface area contributed by atoms with Crippen molar-refractivity contribution in [3.63, 3.8) is 0 Å². The highest BCUT2D eigenvalue weighted by Crippen LogP contribution is 2.26. The maximum atomic E-state index is 13.2. The normalized spacial score (nSPS) is 9.89. The molecule has 104 valence electrons. The summed E-state index contributed by atoms with van der Waals surface area (Å²) in [5, 5.41) is 4.60. The summed E-state index contributed by atoms with van der Waals surface area (Å²) in [6.07, 6.45) is 0.00258. The summed E-state index contributed by atoms with van der Waals surface area (Å²) in [6.45, 7) is 0.0495. The molecule has 0 radical (unpaired) electrons. The molecule has 1 rings (SSSR count). The molecule has 0 aliphatic carbocycles. The quantitative estimate of drug-likeness (QED) is 0.655. The van der Waals surface area contributed by atoms with E-state index in [9.17, 15) is 18.4 Å². The first-order valence-electron chi connectivity index (χ1n) is 5.20. The molecule has 0 bridgehead atoms. The average Bonchev–Trinajstić information content (AvgIpc) is 2.35. The number of halogens is 3. The van der Waals surface area contributed by atoms with Crippen LogP contribution in [0.15, 0.2) is 16.6 Å². The number of carbonyl (C=O) groups excluding carboxylic acids is 2. The molecular formula is C11H11BrF2N2O3. The summed E-state index contributed by atoms with van der Waals surface area (Å²) in [7, 11) is 1.23. The van der Waals surface area contributed by atoms with Gasteiger partial charge in [0.2, 0.25) is 0 Å². The first-order valence-corrected chi connectivity index (χ1v) is 5.99. The Morgan fingerprint density at radius 2 is 2.05 bits per heavy atom. The third-order valence-electron chi connectivity index (χ3n) is 2.08. The molecule has 0 aliphatic rings. The fourth-order valence-corrected chi connectivity index (χ4v) is 1.52. The van der Waals surface area contributed by atoms with E-state index in [-0.39, 0.29) is 23.1 Å². The van der Waals surface area contributed by atoms with Crippen LogP contribution in [0.25, 0.3) is 0 Å². The highest BCUT2D eigenvalue weighted by atomic mass is 79.9. The number of amides is 2. The number of rotatable bonds is 4. The summed E-state index contributed by atoms with van der Waals surface area (Å²) < 4.78 is 30.5. The van der Waals surface area contributed by atoms with E-state index in [2.05, 4.69) is 31.3 Å². The van der Waals surface area contributed by atoms with Crippen molar-refractivity contribution in [2.75, 3.05) is 19.0 Å². The molecule has 1 aromatic carbocycles. The van der Waals surface area contributed by atoms with Crippen LogP contribution in [-0.4, -0.2) is 25.7 Å². The second-order valence-corrected chi connectivity index (χ2v) is 4.25. The minimum Gasteiger partial charge on any atom is -0.469 e. The van der Waals surface area contributed by atoms with Crippen LogP contribution in [0.5, 0.6) is 0 Å². The number of hydrogen-bond donors (Lipinski definition) is 2. The van der Waals surface area contributed by atoms with Crippen molar-refractivity contribution in [1.82, 2.24) is 5.32 Å². The van der Waals surface area contributed by atoms with Crippen LogP contribution in [-0.2, 0) is 9.53 Å². The lowest BCUT2D eigenvalue weighted by Gasteiger charge is -2.09. The van der Waals surface area contributed by atoms with Crippen molar-refractivity contribution in [3.05, 3.63) is 28.2 Å². The lowest BCUT2D eigenvalue weighted by Crippen LogP contribution is -2.31. The number of ether oxygens (including phenoxy) is 1. The highest BCUT2D eigenvalue weighted by molar-refractivity contribution is 9.10. The van der Waals surface area contributed by atoms with Crippen LogP contribution < -0.4 is 10.6 Å². The molecule has 0 atom stereocenters. The van der Waals surface area contributed by atoms with Gasteiger partial charge in [-0.25, -0.2) is 13.6 Å². The van der Waals surface area contributed by atoms with Gasteiger partial charge in [-0.2, -0.15) is 0 Å². The first-order chi connectivity index (χ1) is 8.93. The maximum absolute atomic E-state index is 13.2. The predicted octanol–water partition coefficient (Wildman–Crippen LogP) is 2.41. The number of hydrogen-bond acceptors (Lipinski definition) is 3. The summed E-state index contributed by atoms with van der Waals surface area (Å²) in [6, 6.07) is 0.965. The van der Waals surface area contributed by atoms with Crippen molar-refractivity contribution in [3.8, 4) is 0 Å². The molecule has 0 unspecified atom stereocenters. The smallest absolute Gasteiger partial charge is 0.319 e. The van der Waals surface area contributed by atoms with E-state index < -0.39 is 23.6 Å². The van der Waals surface area contributed by atoms with Crippen molar-refractivity contribution >= 4 is 33.6 Å². The molecule has 5 nitrogen and oxygen atoms in total. The number of methoxy groups -OCH3 is 1. The Morgan fingerprint density at radius 3 is 2.68 bits per heavy atom. The number of urea groups is 1. The molecule has 0 saturated heterocycles. The topological polar surface area (TPSA) is 67.4 Å². The maximum Gasteiger partial charge on any atom is 0.319 e. The van der Waals surface area contributed by atoms with Gasteiger partial charge in [0, 0.05) is 12.6 Å². The van der Waals surface area contributed by atoms with Crippen LogP contribution in [0, 0.1) is 11.6 Å². The van der Waals surface area contributed by atoms with Gasteiger partial charge in [0.25, 0.3) is 0 Å². The van der Waals surface area contributed by atoms with Crippen LogP contribution in [0.4, 0.5) is 19.3 Å². The first kappa shape index (κ1) is 15.4. The second-order valence-electron chi connectivity index (χ2n) is 3.46. The van der Waals surface area contributed by atoms with Gasteiger partial charge < -0.3 is 15.4 Å². The minimum absolute atomic E-state index is 0.00258. The van der Waals surface area contributed by atoms with E-state index >= 15 is 0 Å². The molecule has 0 fully saturated rings. The zero-order valence-corrected chi connectivity index (χ0v) is 11.5. The van der Waals surface area contributed by atoms with Crippen molar-refractivity contribution in [2.24, 2.45) is 0 Å². The largest absolute Gasteiger partial charge is 0.469 e. The third-order valence-corrected chi connectivity index (χ3v) is 2.89. The fourth-order valence-electron chi connectivity index (χ4n) is 1.19. The lowest BCUT2D eigenvalue weighted by molar-refractivity contribution is -0.140. The predicted molar refractivity (Wildman–Crippen MR) is 67.7 cm³/mol. The Morgan fingerprint density at radius 1 is 1.37 bits per heavy atom. The van der Waals surface area contributed by atoms with Crippen LogP contribution in [0.3, 0.4) is 0 Å². The molecule has 0 spiro atoms. The van der Waals surface area contributed by atoms with Crippen molar-refractivity contribution < 1.29 is 23.1 Å². The Hall–Kier alpha value is -1.70. The van der Waals surface area contributed by atoms with Gasteiger partial charge in [0.15, 0.2) is 0 Å². The molecule has 0 aromatic heterocycles. The van der Waals surface area contributed by atoms with Gasteiger partial charge in [-0.1, -0.05) is 0 Å². The minimum atomic E-state index is -0.829. The molecular weight excluding hydrogens is 326 g/mol. The van der Waals surface area contributed by atoms with E-state index in [1.54, 1.807) is 0 Å². The zero-order chi connectivity index (χ0) is 14.4. The molecule has 0 heterocycles. The summed E-state index contributed by atoms with van der Waals surface area (Å²) in [4.78, 5) is 22.2. The van der Waals surface area contributed by atoms with Crippen molar-refractivity contribution in [2.45, 2.75) is 6.42 Å². The average molecular weight is 337 g/mol. The van der Waals surface area contributed by atoms with Gasteiger partial charge in [-0.05, 0) is 22.0 Å². The highest BCUT2D eigenvalue weighted by Gasteiger charge is 2.11. The summed E-state index contributed by atoms with van der Waals surface area (Å²) in [5.74, 6) is -2.12. The Bertz CT molecular complexity index is 497. The number of carbonyl (C=O) groups is 2. The van der Waals surface area contributed by atoms with Crippen LogP contribution >= 0.6 is 15.9 Å². The monoisotopic (exact) mass is 336 g/mol. The zero-order valence-electron chi connectivity index (χ0n) is 9.93. The summed E-state index contributed by atoms with van der Waals surface area (Å²) in [5.41, 5.74) is -0.0481. The summed E-state index contributed by atoms with van der Waals surface area (Å²) >= 11 is 2.89. The second kappa shape index (κ2) is 7.03. The van der Waals surface area contributed by atoms with E-state index in [1.807, 2.05) is 0 Å². The Kier molecular flexibility index (Phi) is 5.68.